The minimum Gasteiger partial charge on any atom is -0.476 e. The first-order valence-electron chi connectivity index (χ1n) is 5.16. The number of nitrogens with zero attached hydrogens (tertiary/aromatic N) is 2. The van der Waals surface area contributed by atoms with Gasteiger partial charge in [0.15, 0.2) is 11.5 Å². The Balaban J connectivity index is 2.44. The highest BCUT2D eigenvalue weighted by Crippen LogP contribution is 2.30. The maximum Gasteiger partial charge on any atom is 0.358 e. The maximum absolute atomic E-state index is 10.7. The number of carboxylic acids is 1. The summed E-state index contributed by atoms with van der Waals surface area (Å²) in [7, 11) is 3.74. The predicted octanol–water partition coefficient (Wildman–Crippen LogP) is 2.76. The molecular formula is C12H11ClN2O3. The van der Waals surface area contributed by atoms with Gasteiger partial charge in [-0.2, -0.15) is 0 Å². The fraction of sp³-hybridized carbons (Fsp3) is 0.167. The van der Waals surface area contributed by atoms with E-state index < -0.39 is 5.97 Å². The molecule has 94 valence electrons. The van der Waals surface area contributed by atoms with Gasteiger partial charge in [-0.05, 0) is 18.2 Å². The average molecular weight is 267 g/mol. The van der Waals surface area contributed by atoms with E-state index in [0.29, 0.717) is 10.8 Å². The van der Waals surface area contributed by atoms with Gasteiger partial charge < -0.3 is 14.5 Å². The predicted molar refractivity (Wildman–Crippen MR) is 68.2 cm³/mol. The van der Waals surface area contributed by atoms with Crippen LogP contribution in [0.15, 0.2) is 28.8 Å². The fourth-order valence-electron chi connectivity index (χ4n) is 1.52. The summed E-state index contributed by atoms with van der Waals surface area (Å²) in [4.78, 5) is 12.6. The Morgan fingerprint density at radius 3 is 2.67 bits per heavy atom. The number of rotatable bonds is 3. The summed E-state index contributed by atoms with van der Waals surface area (Å²) >= 11 is 6.05. The van der Waals surface area contributed by atoms with Crippen LogP contribution in [0, 0.1) is 0 Å². The highest BCUT2D eigenvalue weighted by Gasteiger charge is 2.13. The molecule has 0 unspecified atom stereocenters. The Hall–Kier alpha value is -2.01. The molecule has 0 aliphatic carbocycles. The molecule has 0 aliphatic rings. The van der Waals surface area contributed by atoms with Gasteiger partial charge in [-0.3, -0.25) is 0 Å². The van der Waals surface area contributed by atoms with Crippen molar-refractivity contribution < 1.29 is 14.4 Å². The normalized spacial score (nSPS) is 10.4. The molecule has 0 saturated carbocycles. The van der Waals surface area contributed by atoms with Crippen LogP contribution in [-0.2, 0) is 0 Å². The largest absolute Gasteiger partial charge is 0.476 e. The number of carbonyl (C=O) groups is 1. The first-order valence-corrected chi connectivity index (χ1v) is 5.54. The van der Waals surface area contributed by atoms with Crippen LogP contribution in [0.4, 0.5) is 5.69 Å². The second-order valence-electron chi connectivity index (χ2n) is 3.94. The Morgan fingerprint density at radius 1 is 1.39 bits per heavy atom. The van der Waals surface area contributed by atoms with E-state index in [4.69, 9.17) is 21.2 Å². The third-order valence-corrected chi connectivity index (χ3v) is 2.76. The smallest absolute Gasteiger partial charge is 0.358 e. The minimum absolute atomic E-state index is 0.119. The minimum atomic E-state index is -1.12. The van der Waals surface area contributed by atoms with E-state index in [1.54, 1.807) is 12.1 Å². The molecule has 0 atom stereocenters. The lowest BCUT2D eigenvalue weighted by Crippen LogP contribution is -2.09. The number of halogens is 1. The van der Waals surface area contributed by atoms with E-state index in [1.165, 1.54) is 6.07 Å². The van der Waals surface area contributed by atoms with Gasteiger partial charge >= 0.3 is 5.97 Å². The molecule has 18 heavy (non-hydrogen) atoms. The highest BCUT2D eigenvalue weighted by atomic mass is 35.5. The van der Waals surface area contributed by atoms with Gasteiger partial charge in [0, 0.05) is 25.7 Å². The molecule has 0 spiro atoms. The molecule has 0 bridgehead atoms. The highest BCUT2D eigenvalue weighted by molar-refractivity contribution is 6.33. The first kappa shape index (κ1) is 12.4. The zero-order valence-corrected chi connectivity index (χ0v) is 10.6. The number of hydrogen-bond donors (Lipinski definition) is 1. The van der Waals surface area contributed by atoms with Crippen LogP contribution in [0.1, 0.15) is 10.5 Å². The molecule has 0 amide bonds. The molecule has 1 aromatic carbocycles. The number of aromatic carboxylic acids is 1. The quantitative estimate of drug-likeness (QED) is 0.925. The van der Waals surface area contributed by atoms with Crippen LogP contribution in [0.25, 0.3) is 11.3 Å². The van der Waals surface area contributed by atoms with E-state index in [-0.39, 0.29) is 5.69 Å². The number of aromatic nitrogens is 1. The van der Waals surface area contributed by atoms with E-state index in [0.717, 1.165) is 11.3 Å². The lowest BCUT2D eigenvalue weighted by molar-refractivity contribution is 0.0686. The molecule has 1 N–H and O–H groups in total. The van der Waals surface area contributed by atoms with Crippen molar-refractivity contribution >= 4 is 23.3 Å². The van der Waals surface area contributed by atoms with Gasteiger partial charge in [-0.1, -0.05) is 16.8 Å². The van der Waals surface area contributed by atoms with Crippen molar-refractivity contribution in [1.82, 2.24) is 5.16 Å². The Labute approximate surface area is 109 Å². The summed E-state index contributed by atoms with van der Waals surface area (Å²) in [6.07, 6.45) is 0. The first-order chi connectivity index (χ1) is 8.49. The molecule has 6 heteroatoms. The van der Waals surface area contributed by atoms with Crippen molar-refractivity contribution in [1.29, 1.82) is 0 Å². The second kappa shape index (κ2) is 4.70. The zero-order chi connectivity index (χ0) is 13.3. The molecule has 1 aromatic heterocycles. The van der Waals surface area contributed by atoms with Crippen LogP contribution < -0.4 is 4.90 Å². The molecule has 1 heterocycles. The number of benzene rings is 1. The van der Waals surface area contributed by atoms with E-state index in [1.807, 2.05) is 25.1 Å². The number of carboxylic acid groups (broad SMARTS) is 1. The molecule has 0 aliphatic heterocycles. The summed E-state index contributed by atoms with van der Waals surface area (Å²) in [5, 5.41) is 12.9. The van der Waals surface area contributed by atoms with Crippen LogP contribution in [0.5, 0.6) is 0 Å². The van der Waals surface area contributed by atoms with E-state index in [9.17, 15) is 4.79 Å². The molecular weight excluding hydrogens is 256 g/mol. The molecule has 5 nitrogen and oxygen atoms in total. The van der Waals surface area contributed by atoms with Crippen molar-refractivity contribution in [2.75, 3.05) is 19.0 Å². The summed E-state index contributed by atoms with van der Waals surface area (Å²) < 4.78 is 4.99. The van der Waals surface area contributed by atoms with Gasteiger partial charge in [0.2, 0.25) is 0 Å². The van der Waals surface area contributed by atoms with Gasteiger partial charge in [0.05, 0.1) is 10.7 Å². The van der Waals surface area contributed by atoms with Gasteiger partial charge in [-0.15, -0.1) is 0 Å². The van der Waals surface area contributed by atoms with Gasteiger partial charge in [0.1, 0.15) is 0 Å². The van der Waals surface area contributed by atoms with Crippen LogP contribution in [0.3, 0.4) is 0 Å². The van der Waals surface area contributed by atoms with Crippen molar-refractivity contribution in [3.05, 3.63) is 35.0 Å². The number of anilines is 1. The molecule has 2 rings (SSSR count). The van der Waals surface area contributed by atoms with Gasteiger partial charge in [0.25, 0.3) is 0 Å². The van der Waals surface area contributed by atoms with Crippen molar-refractivity contribution in [3.63, 3.8) is 0 Å². The topological polar surface area (TPSA) is 66.6 Å². The standard InChI is InChI=1S/C12H11ClN2O3/c1-15(2)10-5-7(3-4-8(10)13)11-6-9(12(16)17)14-18-11/h3-6H,1-2H3,(H,16,17). The lowest BCUT2D eigenvalue weighted by atomic mass is 10.1. The fourth-order valence-corrected chi connectivity index (χ4v) is 1.81. The van der Waals surface area contributed by atoms with E-state index >= 15 is 0 Å². The summed E-state index contributed by atoms with van der Waals surface area (Å²) in [6.45, 7) is 0. The Kier molecular flexibility index (Phi) is 3.25. The third kappa shape index (κ3) is 2.31. The van der Waals surface area contributed by atoms with Crippen LogP contribution in [0.2, 0.25) is 5.02 Å². The lowest BCUT2D eigenvalue weighted by Gasteiger charge is -2.14. The third-order valence-electron chi connectivity index (χ3n) is 2.44. The Bertz CT molecular complexity index is 593. The molecule has 2 aromatic rings. The van der Waals surface area contributed by atoms with Crippen molar-refractivity contribution in [2.45, 2.75) is 0 Å². The maximum atomic E-state index is 10.7. The van der Waals surface area contributed by atoms with Crippen molar-refractivity contribution in [3.8, 4) is 11.3 Å². The van der Waals surface area contributed by atoms with E-state index in [2.05, 4.69) is 5.16 Å². The molecule has 0 saturated heterocycles. The zero-order valence-electron chi connectivity index (χ0n) is 9.85. The summed E-state index contributed by atoms with van der Waals surface area (Å²) in [5.74, 6) is -0.723. The second-order valence-corrected chi connectivity index (χ2v) is 4.35. The van der Waals surface area contributed by atoms with Gasteiger partial charge in [-0.25, -0.2) is 4.79 Å². The molecule has 0 fully saturated rings. The number of hydrogen-bond acceptors (Lipinski definition) is 4. The van der Waals surface area contributed by atoms with Crippen LogP contribution >= 0.6 is 11.6 Å². The molecule has 0 radical (unpaired) electrons. The van der Waals surface area contributed by atoms with Crippen molar-refractivity contribution in [2.24, 2.45) is 0 Å². The summed E-state index contributed by atoms with van der Waals surface area (Å²) in [6, 6.07) is 6.68. The van der Waals surface area contributed by atoms with Crippen LogP contribution in [-0.4, -0.2) is 30.3 Å². The summed E-state index contributed by atoms with van der Waals surface area (Å²) in [5.41, 5.74) is 1.43. The SMILES string of the molecule is CN(C)c1cc(-c2cc(C(=O)O)no2)ccc1Cl. The monoisotopic (exact) mass is 266 g/mol. The Morgan fingerprint density at radius 2 is 2.11 bits per heavy atom. The average Bonchev–Trinajstić information content (AvgIpc) is 2.78.